The third-order valence-corrected chi connectivity index (χ3v) is 3.38. The summed E-state index contributed by atoms with van der Waals surface area (Å²) < 4.78 is 21.0. The zero-order valence-corrected chi connectivity index (χ0v) is 13.6. The van der Waals surface area contributed by atoms with Crippen LogP contribution >= 0.6 is 0 Å². The van der Waals surface area contributed by atoms with E-state index >= 15 is 0 Å². The first-order chi connectivity index (χ1) is 10.6. The highest BCUT2D eigenvalue weighted by molar-refractivity contribution is 6.39. The van der Waals surface area contributed by atoms with Crippen molar-refractivity contribution in [3.63, 3.8) is 0 Å². The van der Waals surface area contributed by atoms with E-state index in [1.54, 1.807) is 0 Å². The normalized spacial score (nSPS) is 21.3. The van der Waals surface area contributed by atoms with E-state index in [0.717, 1.165) is 32.1 Å². The van der Waals surface area contributed by atoms with Crippen LogP contribution in [0.3, 0.4) is 0 Å². The molecule has 0 aromatic heterocycles. The van der Waals surface area contributed by atoms with Crippen LogP contribution in [0.15, 0.2) is 0 Å². The topological polar surface area (TPSA) is 83.1 Å². The predicted octanol–water partition coefficient (Wildman–Crippen LogP) is 2.03. The second kappa shape index (κ2) is 10.5. The van der Waals surface area contributed by atoms with Crippen LogP contribution < -0.4 is 5.32 Å². The summed E-state index contributed by atoms with van der Waals surface area (Å²) in [4.78, 5) is 23.0. The molecule has 7 nitrogen and oxygen atoms in total. The van der Waals surface area contributed by atoms with Gasteiger partial charge in [-0.25, -0.2) is 4.79 Å². The van der Waals surface area contributed by atoms with Gasteiger partial charge < -0.3 is 24.0 Å². The summed E-state index contributed by atoms with van der Waals surface area (Å²) in [6.45, 7) is 6.14. The Bertz CT molecular complexity index is 342. The average molecular weight is 315 g/mol. The SMILES string of the molecule is CCCCOC(=O)CNC(=O)OB1OC(CC)CC(CC)O1. The van der Waals surface area contributed by atoms with Crippen molar-refractivity contribution in [1.82, 2.24) is 5.32 Å². The van der Waals surface area contributed by atoms with Crippen molar-refractivity contribution in [3.8, 4) is 0 Å². The molecule has 8 heteroatoms. The summed E-state index contributed by atoms with van der Waals surface area (Å²) in [5.74, 6) is -0.492. The average Bonchev–Trinajstić information content (AvgIpc) is 2.52. The molecule has 0 aliphatic carbocycles. The van der Waals surface area contributed by atoms with Crippen LogP contribution in [0.5, 0.6) is 0 Å². The van der Waals surface area contributed by atoms with Gasteiger partial charge in [0.1, 0.15) is 6.54 Å². The Morgan fingerprint density at radius 1 is 1.18 bits per heavy atom. The van der Waals surface area contributed by atoms with Crippen LogP contribution in [0.1, 0.15) is 52.9 Å². The fourth-order valence-corrected chi connectivity index (χ4v) is 1.99. The van der Waals surface area contributed by atoms with Crippen molar-refractivity contribution < 1.29 is 28.3 Å². The molecule has 1 aliphatic rings. The second-order valence-corrected chi connectivity index (χ2v) is 5.19. The van der Waals surface area contributed by atoms with Crippen LogP contribution in [-0.2, 0) is 23.5 Å². The van der Waals surface area contributed by atoms with Crippen molar-refractivity contribution >= 4 is 19.4 Å². The molecule has 2 atom stereocenters. The Kier molecular flexibility index (Phi) is 8.92. The lowest BCUT2D eigenvalue weighted by molar-refractivity contribution is -0.142. The second-order valence-electron chi connectivity index (χ2n) is 5.19. The summed E-state index contributed by atoms with van der Waals surface area (Å²) in [5.41, 5.74) is 0. The van der Waals surface area contributed by atoms with Crippen LogP contribution in [0.2, 0.25) is 0 Å². The monoisotopic (exact) mass is 315 g/mol. The molecule has 0 saturated carbocycles. The van der Waals surface area contributed by atoms with E-state index in [2.05, 4.69) is 5.32 Å². The van der Waals surface area contributed by atoms with Gasteiger partial charge in [-0.3, -0.25) is 4.79 Å². The first kappa shape index (κ1) is 18.8. The predicted molar refractivity (Wildman–Crippen MR) is 81.0 cm³/mol. The van der Waals surface area contributed by atoms with Crippen molar-refractivity contribution in [2.75, 3.05) is 13.2 Å². The Morgan fingerprint density at radius 2 is 1.82 bits per heavy atom. The zero-order chi connectivity index (χ0) is 16.4. The molecule has 1 saturated heterocycles. The van der Waals surface area contributed by atoms with Gasteiger partial charge in [0.2, 0.25) is 0 Å². The zero-order valence-electron chi connectivity index (χ0n) is 13.6. The molecule has 1 N–H and O–H groups in total. The quantitative estimate of drug-likeness (QED) is 0.419. The van der Waals surface area contributed by atoms with Crippen LogP contribution in [-0.4, -0.2) is 44.7 Å². The Balaban J connectivity index is 2.27. The van der Waals surface area contributed by atoms with E-state index < -0.39 is 19.4 Å². The highest BCUT2D eigenvalue weighted by Crippen LogP contribution is 2.21. The summed E-state index contributed by atoms with van der Waals surface area (Å²) in [7, 11) is -1.03. The molecule has 22 heavy (non-hydrogen) atoms. The van der Waals surface area contributed by atoms with Gasteiger partial charge in [0.25, 0.3) is 0 Å². The molecule has 1 fully saturated rings. The van der Waals surface area contributed by atoms with Crippen molar-refractivity contribution in [2.45, 2.75) is 65.1 Å². The van der Waals surface area contributed by atoms with Crippen LogP contribution in [0.25, 0.3) is 0 Å². The van der Waals surface area contributed by atoms with Crippen molar-refractivity contribution in [1.29, 1.82) is 0 Å². The maximum absolute atomic E-state index is 11.6. The van der Waals surface area contributed by atoms with Gasteiger partial charge in [-0.05, 0) is 25.7 Å². The van der Waals surface area contributed by atoms with Gasteiger partial charge >= 0.3 is 19.4 Å². The molecule has 0 radical (unpaired) electrons. The van der Waals surface area contributed by atoms with E-state index in [1.165, 1.54) is 0 Å². The van der Waals surface area contributed by atoms with E-state index in [1.807, 2.05) is 20.8 Å². The molecule has 0 spiro atoms. The molecular formula is C14H26BNO6. The Morgan fingerprint density at radius 3 is 2.36 bits per heavy atom. The third kappa shape index (κ3) is 7.13. The fraction of sp³-hybridized carbons (Fsp3) is 0.857. The minimum absolute atomic E-state index is 0.00973. The van der Waals surface area contributed by atoms with Gasteiger partial charge in [-0.2, -0.15) is 0 Å². The molecule has 1 aliphatic heterocycles. The molecule has 2 unspecified atom stereocenters. The summed E-state index contributed by atoms with van der Waals surface area (Å²) in [6.07, 6.45) is 3.44. The van der Waals surface area contributed by atoms with Gasteiger partial charge in [0, 0.05) is 12.2 Å². The molecule has 0 aromatic rings. The van der Waals surface area contributed by atoms with E-state index in [4.69, 9.17) is 18.7 Å². The maximum atomic E-state index is 11.6. The number of carbonyl (C=O) groups is 2. The summed E-state index contributed by atoms with van der Waals surface area (Å²) >= 11 is 0. The molecule has 0 aromatic carbocycles. The smallest absolute Gasteiger partial charge is 0.468 e. The summed E-state index contributed by atoms with van der Waals surface area (Å²) in [6, 6.07) is 0. The number of hydrogen-bond donors (Lipinski definition) is 1. The van der Waals surface area contributed by atoms with Gasteiger partial charge in [-0.1, -0.05) is 27.2 Å². The molecule has 0 bridgehead atoms. The number of esters is 1. The first-order valence-corrected chi connectivity index (χ1v) is 8.00. The number of rotatable bonds is 8. The lowest BCUT2D eigenvalue weighted by Gasteiger charge is -2.31. The maximum Gasteiger partial charge on any atom is 0.716 e. The number of ether oxygens (including phenoxy) is 1. The Labute approximate surface area is 132 Å². The number of amides is 1. The van der Waals surface area contributed by atoms with Gasteiger partial charge in [0.15, 0.2) is 0 Å². The lowest BCUT2D eigenvalue weighted by atomic mass is 10.0. The van der Waals surface area contributed by atoms with E-state index in [9.17, 15) is 9.59 Å². The highest BCUT2D eigenvalue weighted by atomic mass is 16.8. The number of unbranched alkanes of at least 4 members (excludes halogenated alkanes) is 1. The van der Waals surface area contributed by atoms with Crippen LogP contribution in [0.4, 0.5) is 4.79 Å². The molecule has 1 rings (SSSR count). The third-order valence-electron chi connectivity index (χ3n) is 3.38. The Hall–Kier alpha value is -1.28. The van der Waals surface area contributed by atoms with Gasteiger partial charge in [0.05, 0.1) is 6.61 Å². The lowest BCUT2D eigenvalue weighted by Crippen LogP contribution is -2.46. The fourth-order valence-electron chi connectivity index (χ4n) is 1.99. The first-order valence-electron chi connectivity index (χ1n) is 8.00. The highest BCUT2D eigenvalue weighted by Gasteiger charge is 2.38. The van der Waals surface area contributed by atoms with E-state index in [-0.39, 0.29) is 18.8 Å². The molecular weight excluding hydrogens is 289 g/mol. The molecule has 126 valence electrons. The number of carbonyl (C=O) groups excluding carboxylic acids is 2. The molecule has 1 heterocycles. The van der Waals surface area contributed by atoms with Crippen molar-refractivity contribution in [2.24, 2.45) is 0 Å². The standard InChI is InChI=1S/C14H26BNO6/c1-4-7-8-19-13(17)10-16-14(18)22-15-20-11(5-2)9-12(6-3)21-15/h11-12H,4-10H2,1-3H3,(H,16,18). The van der Waals surface area contributed by atoms with E-state index in [0.29, 0.717) is 6.61 Å². The minimum atomic E-state index is -1.03. The van der Waals surface area contributed by atoms with Crippen LogP contribution in [0, 0.1) is 0 Å². The number of nitrogens with one attached hydrogen (secondary N) is 1. The minimum Gasteiger partial charge on any atom is -0.468 e. The largest absolute Gasteiger partial charge is 0.716 e. The van der Waals surface area contributed by atoms with Gasteiger partial charge in [-0.15, -0.1) is 0 Å². The summed E-state index contributed by atoms with van der Waals surface area (Å²) in [5, 5.41) is 2.33. The molecule has 1 amide bonds. The van der Waals surface area contributed by atoms with Crippen molar-refractivity contribution in [3.05, 3.63) is 0 Å². The number of hydrogen-bond acceptors (Lipinski definition) is 6.